The van der Waals surface area contributed by atoms with Gasteiger partial charge in [0.15, 0.2) is 0 Å². The second kappa shape index (κ2) is 10.2. The topological polar surface area (TPSA) is 80.3 Å². The van der Waals surface area contributed by atoms with Gasteiger partial charge in [-0.3, -0.25) is 9.59 Å². The van der Waals surface area contributed by atoms with Crippen LogP contribution in [0.15, 0.2) is 36.4 Å². The standard InChI is InChI=1S/C27H33N3O3S/c1-5-9-22(31)30-23-20-14-19-16-33-27(3,4)15-21(19)29-26(20)34-24(23)25(32)28-17(2)12-13-18-10-7-6-8-11-18/h6-8,10-11,14,17H,5,9,12-13,15-16H2,1-4H3,(H,28,32)(H,30,31)/t17-/m1/s1. The van der Waals surface area contributed by atoms with Gasteiger partial charge in [-0.25, -0.2) is 4.98 Å². The first kappa shape index (κ1) is 24.4. The largest absolute Gasteiger partial charge is 0.370 e. The van der Waals surface area contributed by atoms with E-state index in [2.05, 4.69) is 36.6 Å². The Hall–Kier alpha value is -2.77. The second-order valence-corrected chi connectivity index (χ2v) is 10.7. The van der Waals surface area contributed by atoms with E-state index < -0.39 is 0 Å². The summed E-state index contributed by atoms with van der Waals surface area (Å²) in [5.74, 6) is -0.270. The van der Waals surface area contributed by atoms with Crippen LogP contribution in [-0.4, -0.2) is 28.4 Å². The quantitative estimate of drug-likeness (QED) is 0.438. The third-order valence-corrected chi connectivity index (χ3v) is 7.20. The van der Waals surface area contributed by atoms with Crippen LogP contribution in [0.5, 0.6) is 0 Å². The molecular formula is C27H33N3O3S. The van der Waals surface area contributed by atoms with Crippen molar-refractivity contribution in [2.45, 2.75) is 78.0 Å². The highest BCUT2D eigenvalue weighted by molar-refractivity contribution is 7.21. The van der Waals surface area contributed by atoms with Gasteiger partial charge in [-0.1, -0.05) is 37.3 Å². The van der Waals surface area contributed by atoms with Gasteiger partial charge >= 0.3 is 0 Å². The summed E-state index contributed by atoms with van der Waals surface area (Å²) < 4.78 is 5.97. The van der Waals surface area contributed by atoms with Crippen LogP contribution >= 0.6 is 11.3 Å². The number of aryl methyl sites for hydroxylation is 1. The van der Waals surface area contributed by atoms with Gasteiger partial charge in [0.2, 0.25) is 5.91 Å². The summed E-state index contributed by atoms with van der Waals surface area (Å²) >= 11 is 1.34. The molecule has 3 aromatic rings. The smallest absolute Gasteiger partial charge is 0.263 e. The second-order valence-electron chi connectivity index (χ2n) is 9.68. The van der Waals surface area contributed by atoms with Crippen LogP contribution in [-0.2, 0) is 29.0 Å². The number of nitrogens with one attached hydrogen (secondary N) is 2. The van der Waals surface area contributed by atoms with E-state index in [0.717, 1.165) is 40.7 Å². The van der Waals surface area contributed by atoms with Crippen molar-refractivity contribution in [1.82, 2.24) is 10.3 Å². The summed E-state index contributed by atoms with van der Waals surface area (Å²) in [6.07, 6.45) is 3.58. The van der Waals surface area contributed by atoms with Crippen LogP contribution in [0.25, 0.3) is 10.2 Å². The van der Waals surface area contributed by atoms with Crippen LogP contribution in [0.2, 0.25) is 0 Å². The lowest BCUT2D eigenvalue weighted by molar-refractivity contribution is -0.116. The van der Waals surface area contributed by atoms with Crippen molar-refractivity contribution in [3.05, 3.63) is 58.1 Å². The Morgan fingerprint density at radius 2 is 2.00 bits per heavy atom. The third-order valence-electron chi connectivity index (χ3n) is 6.10. The molecule has 0 bridgehead atoms. The number of aromatic nitrogens is 1. The van der Waals surface area contributed by atoms with Gasteiger partial charge in [-0.05, 0) is 51.7 Å². The molecule has 6 nitrogen and oxygen atoms in total. The van der Waals surface area contributed by atoms with E-state index in [0.29, 0.717) is 30.0 Å². The number of fused-ring (bicyclic) bond motifs is 2. The molecule has 0 unspecified atom stereocenters. The van der Waals surface area contributed by atoms with E-state index in [1.807, 2.05) is 38.1 Å². The number of ether oxygens (including phenoxy) is 1. The molecule has 0 spiro atoms. The Labute approximate surface area is 205 Å². The van der Waals surface area contributed by atoms with Gasteiger partial charge in [-0.15, -0.1) is 11.3 Å². The number of rotatable bonds is 8. The van der Waals surface area contributed by atoms with Gasteiger partial charge in [0.25, 0.3) is 5.91 Å². The fourth-order valence-corrected chi connectivity index (χ4v) is 5.24. The average molecular weight is 480 g/mol. The van der Waals surface area contributed by atoms with Crippen molar-refractivity contribution in [1.29, 1.82) is 0 Å². The molecule has 0 saturated heterocycles. The van der Waals surface area contributed by atoms with Gasteiger partial charge in [0.05, 0.1) is 23.6 Å². The lowest BCUT2D eigenvalue weighted by Gasteiger charge is -2.31. The van der Waals surface area contributed by atoms with Crippen molar-refractivity contribution in [3.8, 4) is 0 Å². The maximum atomic E-state index is 13.3. The summed E-state index contributed by atoms with van der Waals surface area (Å²) in [6, 6.07) is 12.3. The highest BCUT2D eigenvalue weighted by Crippen LogP contribution is 2.38. The Morgan fingerprint density at radius 1 is 1.24 bits per heavy atom. The number of carbonyl (C=O) groups is 2. The summed E-state index contributed by atoms with van der Waals surface area (Å²) in [4.78, 5) is 32.0. The van der Waals surface area contributed by atoms with Gasteiger partial charge in [0.1, 0.15) is 9.71 Å². The van der Waals surface area contributed by atoms with Crippen molar-refractivity contribution in [3.63, 3.8) is 0 Å². The number of carbonyl (C=O) groups excluding carboxylic acids is 2. The van der Waals surface area contributed by atoms with E-state index in [9.17, 15) is 9.59 Å². The third kappa shape index (κ3) is 5.65. The minimum absolute atomic E-state index is 0.00697. The zero-order valence-electron chi connectivity index (χ0n) is 20.4. The first-order chi connectivity index (χ1) is 16.3. The molecule has 2 amide bonds. The highest BCUT2D eigenvalue weighted by Gasteiger charge is 2.29. The summed E-state index contributed by atoms with van der Waals surface area (Å²) in [5, 5.41) is 6.93. The van der Waals surface area contributed by atoms with Crippen LogP contribution < -0.4 is 10.6 Å². The summed E-state index contributed by atoms with van der Waals surface area (Å²) in [7, 11) is 0. The zero-order chi connectivity index (χ0) is 24.3. The van der Waals surface area contributed by atoms with Gasteiger partial charge in [-0.2, -0.15) is 0 Å². The predicted octanol–water partition coefficient (Wildman–Crippen LogP) is 5.64. The number of pyridine rings is 1. The Kier molecular flexibility index (Phi) is 7.33. The molecule has 0 fully saturated rings. The minimum atomic E-state index is -0.266. The molecule has 2 aromatic heterocycles. The predicted molar refractivity (Wildman–Crippen MR) is 137 cm³/mol. The number of nitrogens with zero attached hydrogens (tertiary/aromatic N) is 1. The molecule has 4 rings (SSSR count). The Bertz CT molecular complexity index is 1190. The minimum Gasteiger partial charge on any atom is -0.370 e. The maximum absolute atomic E-state index is 13.3. The average Bonchev–Trinajstić information content (AvgIpc) is 3.13. The highest BCUT2D eigenvalue weighted by atomic mass is 32.1. The molecular weight excluding hydrogens is 446 g/mol. The van der Waals surface area contributed by atoms with Crippen LogP contribution in [0, 0.1) is 0 Å². The Morgan fingerprint density at radius 3 is 2.74 bits per heavy atom. The maximum Gasteiger partial charge on any atom is 0.263 e. The lowest BCUT2D eigenvalue weighted by Crippen LogP contribution is -2.33. The SMILES string of the molecule is CCCC(=O)Nc1c(C(=O)N[C@H](C)CCc2ccccc2)sc2nc3c(cc12)COC(C)(C)C3. The van der Waals surface area contributed by atoms with E-state index in [1.54, 1.807) is 0 Å². The zero-order valence-corrected chi connectivity index (χ0v) is 21.2. The monoisotopic (exact) mass is 479 g/mol. The number of hydrogen-bond donors (Lipinski definition) is 2. The van der Waals surface area contributed by atoms with Crippen LogP contribution in [0.3, 0.4) is 0 Å². The van der Waals surface area contributed by atoms with Crippen molar-refractivity contribution >= 4 is 39.1 Å². The number of benzene rings is 1. The molecule has 34 heavy (non-hydrogen) atoms. The van der Waals surface area contributed by atoms with Crippen LogP contribution in [0.1, 0.15) is 73.4 Å². The molecule has 7 heteroatoms. The fourth-order valence-electron chi connectivity index (χ4n) is 4.21. The molecule has 1 aliphatic rings. The first-order valence-electron chi connectivity index (χ1n) is 12.0. The number of hydrogen-bond acceptors (Lipinski definition) is 5. The normalized spacial score (nSPS) is 15.5. The first-order valence-corrected chi connectivity index (χ1v) is 12.8. The fraction of sp³-hybridized carbons (Fsp3) is 0.444. The molecule has 0 radical (unpaired) electrons. The molecule has 1 atom stereocenters. The van der Waals surface area contributed by atoms with E-state index in [1.165, 1.54) is 16.9 Å². The molecule has 1 aromatic carbocycles. The van der Waals surface area contributed by atoms with E-state index in [4.69, 9.17) is 9.72 Å². The van der Waals surface area contributed by atoms with E-state index >= 15 is 0 Å². The molecule has 0 saturated carbocycles. The lowest BCUT2D eigenvalue weighted by atomic mass is 9.95. The Balaban J connectivity index is 1.60. The van der Waals surface area contributed by atoms with Crippen molar-refractivity contribution in [2.75, 3.05) is 5.32 Å². The molecule has 3 heterocycles. The van der Waals surface area contributed by atoms with Gasteiger partial charge in [0, 0.05) is 29.8 Å². The molecule has 2 N–H and O–H groups in total. The summed E-state index contributed by atoms with van der Waals surface area (Å²) in [6.45, 7) is 8.57. The molecule has 180 valence electrons. The number of anilines is 1. The molecule has 0 aliphatic carbocycles. The molecule has 1 aliphatic heterocycles. The van der Waals surface area contributed by atoms with Crippen LogP contribution in [0.4, 0.5) is 5.69 Å². The summed E-state index contributed by atoms with van der Waals surface area (Å²) in [5.41, 5.74) is 3.56. The van der Waals surface area contributed by atoms with Crippen molar-refractivity contribution in [2.24, 2.45) is 0 Å². The number of amides is 2. The van der Waals surface area contributed by atoms with Crippen molar-refractivity contribution < 1.29 is 14.3 Å². The van der Waals surface area contributed by atoms with E-state index in [-0.39, 0.29) is 23.5 Å². The number of thiophene rings is 1. The van der Waals surface area contributed by atoms with Gasteiger partial charge < -0.3 is 15.4 Å².